The van der Waals surface area contributed by atoms with Crippen molar-refractivity contribution in [1.29, 1.82) is 0 Å². The van der Waals surface area contributed by atoms with Crippen molar-refractivity contribution in [2.75, 3.05) is 26.9 Å². The van der Waals surface area contributed by atoms with Crippen molar-refractivity contribution in [2.45, 2.75) is 19.9 Å². The standard InChI is InChI=1S/C14H21NO2/c1-11(15-8-14(2)9-17-10-14)12-6-4-5-7-13(12)16-3/h4-7,11,15H,8-10H2,1-3H3. The number of benzene rings is 1. The zero-order valence-corrected chi connectivity index (χ0v) is 10.8. The van der Waals surface area contributed by atoms with Crippen LogP contribution in [0.5, 0.6) is 5.75 Å². The van der Waals surface area contributed by atoms with Crippen LogP contribution in [0.15, 0.2) is 24.3 Å². The molecule has 1 aromatic carbocycles. The summed E-state index contributed by atoms with van der Waals surface area (Å²) < 4.78 is 10.6. The zero-order valence-electron chi connectivity index (χ0n) is 10.8. The lowest BCUT2D eigenvalue weighted by atomic mass is 9.88. The Morgan fingerprint density at radius 2 is 2.12 bits per heavy atom. The van der Waals surface area contributed by atoms with Crippen LogP contribution in [-0.4, -0.2) is 26.9 Å². The fraction of sp³-hybridized carbons (Fsp3) is 0.571. The van der Waals surface area contributed by atoms with Gasteiger partial charge in [0.2, 0.25) is 0 Å². The number of ether oxygens (including phenoxy) is 2. The van der Waals surface area contributed by atoms with E-state index in [1.807, 2.05) is 18.2 Å². The van der Waals surface area contributed by atoms with Gasteiger partial charge >= 0.3 is 0 Å². The number of hydrogen-bond donors (Lipinski definition) is 1. The zero-order chi connectivity index (χ0) is 12.3. The van der Waals surface area contributed by atoms with Crippen LogP contribution in [0.2, 0.25) is 0 Å². The highest BCUT2D eigenvalue weighted by Crippen LogP contribution is 2.28. The van der Waals surface area contributed by atoms with Gasteiger partial charge in [-0.1, -0.05) is 25.1 Å². The van der Waals surface area contributed by atoms with Gasteiger partial charge in [-0.15, -0.1) is 0 Å². The van der Waals surface area contributed by atoms with E-state index < -0.39 is 0 Å². The number of hydrogen-bond acceptors (Lipinski definition) is 3. The Kier molecular flexibility index (Phi) is 3.69. The Hall–Kier alpha value is -1.06. The maximum atomic E-state index is 5.37. The lowest BCUT2D eigenvalue weighted by Gasteiger charge is -2.39. The summed E-state index contributed by atoms with van der Waals surface area (Å²) in [7, 11) is 1.71. The summed E-state index contributed by atoms with van der Waals surface area (Å²) in [5.41, 5.74) is 1.51. The van der Waals surface area contributed by atoms with E-state index in [4.69, 9.17) is 9.47 Å². The molecule has 3 heteroatoms. The Labute approximate surface area is 103 Å². The van der Waals surface area contributed by atoms with Crippen molar-refractivity contribution in [3.63, 3.8) is 0 Å². The molecule has 0 bridgehead atoms. The van der Waals surface area contributed by atoms with E-state index in [9.17, 15) is 0 Å². The molecular formula is C14H21NO2. The van der Waals surface area contributed by atoms with E-state index in [0.717, 1.165) is 25.5 Å². The fourth-order valence-electron chi connectivity index (χ4n) is 2.09. The number of rotatable bonds is 5. The summed E-state index contributed by atoms with van der Waals surface area (Å²) in [6, 6.07) is 8.45. The summed E-state index contributed by atoms with van der Waals surface area (Å²) in [4.78, 5) is 0. The van der Waals surface area contributed by atoms with E-state index in [2.05, 4.69) is 25.2 Å². The lowest BCUT2D eigenvalue weighted by Crippen LogP contribution is -2.47. The van der Waals surface area contributed by atoms with Gasteiger partial charge in [0.15, 0.2) is 0 Å². The molecular weight excluding hydrogens is 214 g/mol. The summed E-state index contributed by atoms with van der Waals surface area (Å²) in [6.45, 7) is 7.11. The number of para-hydroxylation sites is 1. The molecule has 1 aromatic rings. The average molecular weight is 235 g/mol. The van der Waals surface area contributed by atoms with E-state index in [0.29, 0.717) is 11.5 Å². The normalized spacial score (nSPS) is 19.5. The van der Waals surface area contributed by atoms with E-state index >= 15 is 0 Å². The molecule has 2 rings (SSSR count). The maximum Gasteiger partial charge on any atom is 0.123 e. The van der Waals surface area contributed by atoms with E-state index in [1.54, 1.807) is 7.11 Å². The summed E-state index contributed by atoms with van der Waals surface area (Å²) >= 11 is 0. The molecule has 1 atom stereocenters. The Morgan fingerprint density at radius 3 is 2.71 bits per heavy atom. The SMILES string of the molecule is COc1ccccc1C(C)NCC1(C)COC1. The van der Waals surface area contributed by atoms with Crippen molar-refractivity contribution < 1.29 is 9.47 Å². The molecule has 0 aromatic heterocycles. The quantitative estimate of drug-likeness (QED) is 0.850. The lowest BCUT2D eigenvalue weighted by molar-refractivity contribution is -0.0999. The van der Waals surface area contributed by atoms with Crippen LogP contribution >= 0.6 is 0 Å². The molecule has 0 amide bonds. The Bertz CT molecular complexity index is 374. The van der Waals surface area contributed by atoms with Gasteiger partial charge in [0, 0.05) is 23.6 Å². The minimum atomic E-state index is 0.295. The Morgan fingerprint density at radius 1 is 1.41 bits per heavy atom. The smallest absolute Gasteiger partial charge is 0.123 e. The molecule has 1 fully saturated rings. The largest absolute Gasteiger partial charge is 0.496 e. The molecule has 0 spiro atoms. The van der Waals surface area contributed by atoms with E-state index in [-0.39, 0.29) is 0 Å². The van der Waals surface area contributed by atoms with Crippen molar-refractivity contribution >= 4 is 0 Å². The molecule has 0 radical (unpaired) electrons. The minimum absolute atomic E-state index is 0.295. The molecule has 94 valence electrons. The van der Waals surface area contributed by atoms with Gasteiger partial charge in [-0.2, -0.15) is 0 Å². The van der Waals surface area contributed by atoms with Gasteiger partial charge in [-0.05, 0) is 13.0 Å². The topological polar surface area (TPSA) is 30.5 Å². The first-order chi connectivity index (χ1) is 8.14. The van der Waals surface area contributed by atoms with Crippen molar-refractivity contribution in [1.82, 2.24) is 5.32 Å². The first-order valence-electron chi connectivity index (χ1n) is 6.09. The molecule has 1 N–H and O–H groups in total. The van der Waals surface area contributed by atoms with Gasteiger partial charge in [0.05, 0.1) is 20.3 Å². The van der Waals surface area contributed by atoms with Crippen molar-refractivity contribution in [2.24, 2.45) is 5.41 Å². The minimum Gasteiger partial charge on any atom is -0.496 e. The summed E-state index contributed by atoms with van der Waals surface area (Å²) in [5.74, 6) is 0.947. The number of methoxy groups -OCH3 is 1. The third kappa shape index (κ3) is 2.79. The second kappa shape index (κ2) is 5.07. The van der Waals surface area contributed by atoms with E-state index in [1.165, 1.54) is 5.56 Å². The molecule has 1 unspecified atom stereocenters. The van der Waals surface area contributed by atoms with Crippen LogP contribution in [0.1, 0.15) is 25.5 Å². The number of nitrogens with one attached hydrogen (secondary N) is 1. The van der Waals surface area contributed by atoms with Gasteiger partial charge < -0.3 is 14.8 Å². The first kappa shape index (κ1) is 12.4. The highest BCUT2D eigenvalue weighted by molar-refractivity contribution is 5.35. The van der Waals surface area contributed by atoms with Crippen LogP contribution in [0.25, 0.3) is 0 Å². The second-order valence-corrected chi connectivity index (χ2v) is 5.15. The molecule has 17 heavy (non-hydrogen) atoms. The maximum absolute atomic E-state index is 5.37. The molecule has 1 aliphatic heterocycles. The molecule has 0 aliphatic carbocycles. The van der Waals surface area contributed by atoms with Gasteiger partial charge in [-0.3, -0.25) is 0 Å². The predicted molar refractivity (Wildman–Crippen MR) is 68.3 cm³/mol. The van der Waals surface area contributed by atoms with Crippen molar-refractivity contribution in [3.8, 4) is 5.75 Å². The fourth-order valence-corrected chi connectivity index (χ4v) is 2.09. The molecule has 1 aliphatic rings. The predicted octanol–water partition coefficient (Wildman–Crippen LogP) is 2.38. The van der Waals surface area contributed by atoms with Crippen LogP contribution in [0.4, 0.5) is 0 Å². The van der Waals surface area contributed by atoms with Gasteiger partial charge in [-0.25, -0.2) is 0 Å². The van der Waals surface area contributed by atoms with Crippen LogP contribution in [0, 0.1) is 5.41 Å². The highest BCUT2D eigenvalue weighted by Gasteiger charge is 2.33. The third-order valence-electron chi connectivity index (χ3n) is 3.34. The van der Waals surface area contributed by atoms with Crippen LogP contribution in [-0.2, 0) is 4.74 Å². The second-order valence-electron chi connectivity index (χ2n) is 5.15. The summed E-state index contributed by atoms with van der Waals surface area (Å²) in [5, 5.41) is 3.56. The van der Waals surface area contributed by atoms with Crippen LogP contribution in [0.3, 0.4) is 0 Å². The highest BCUT2D eigenvalue weighted by atomic mass is 16.5. The monoisotopic (exact) mass is 235 g/mol. The molecule has 1 heterocycles. The Balaban J connectivity index is 1.96. The molecule has 3 nitrogen and oxygen atoms in total. The van der Waals surface area contributed by atoms with Crippen molar-refractivity contribution in [3.05, 3.63) is 29.8 Å². The summed E-state index contributed by atoms with van der Waals surface area (Å²) in [6.07, 6.45) is 0. The van der Waals surface area contributed by atoms with Gasteiger partial charge in [0.1, 0.15) is 5.75 Å². The van der Waals surface area contributed by atoms with Gasteiger partial charge in [0.25, 0.3) is 0 Å². The molecule has 0 saturated carbocycles. The van der Waals surface area contributed by atoms with Crippen LogP contribution < -0.4 is 10.1 Å². The molecule has 1 saturated heterocycles. The first-order valence-corrected chi connectivity index (χ1v) is 6.09. The average Bonchev–Trinajstić information content (AvgIpc) is 2.33. The third-order valence-corrected chi connectivity index (χ3v) is 3.34.